The van der Waals surface area contributed by atoms with Crippen molar-refractivity contribution >= 4 is 11.8 Å². The fourth-order valence-electron chi connectivity index (χ4n) is 0.716. The number of nitrogens with zero attached hydrogens (tertiary/aromatic N) is 2. The Labute approximate surface area is 64.7 Å². The quantitative estimate of drug-likeness (QED) is 0.443. The Morgan fingerprint density at radius 2 is 2.50 bits per heavy atom. The number of hydrogen-bond acceptors (Lipinski definition) is 2. The van der Waals surface area contributed by atoms with Gasteiger partial charge in [0.2, 0.25) is 0 Å². The second kappa shape index (κ2) is 2.80. The van der Waals surface area contributed by atoms with E-state index in [-0.39, 0.29) is 0 Å². The topological polar surface area (TPSA) is 17.8 Å². The Morgan fingerprint density at radius 3 is 2.80 bits per heavy atom. The van der Waals surface area contributed by atoms with E-state index in [9.17, 15) is 0 Å². The Hall–Kier alpha value is -0.880. The van der Waals surface area contributed by atoms with Gasteiger partial charge in [0.15, 0.2) is 5.16 Å². The first kappa shape index (κ1) is 7.23. The lowest BCUT2D eigenvalue weighted by Gasteiger charge is -1.96. The molecule has 0 bridgehead atoms. The monoisotopic (exact) mass is 152 g/mol. The van der Waals surface area contributed by atoms with Crippen molar-refractivity contribution < 1.29 is 0 Å². The summed E-state index contributed by atoms with van der Waals surface area (Å²) in [7, 11) is 1.91. The van der Waals surface area contributed by atoms with E-state index in [1.807, 2.05) is 17.9 Å². The second-order valence-corrected chi connectivity index (χ2v) is 2.61. The minimum Gasteiger partial charge on any atom is -0.316 e. The largest absolute Gasteiger partial charge is 0.316 e. The van der Waals surface area contributed by atoms with Crippen LogP contribution in [0.1, 0.15) is 5.69 Å². The van der Waals surface area contributed by atoms with E-state index < -0.39 is 0 Å². The molecular weight excluding hydrogens is 144 g/mol. The summed E-state index contributed by atoms with van der Waals surface area (Å²) in [5.74, 6) is 2.54. The lowest BCUT2D eigenvalue weighted by atomic mass is 10.5. The molecule has 1 aromatic heterocycles. The van der Waals surface area contributed by atoms with E-state index in [0.29, 0.717) is 0 Å². The highest BCUT2D eigenvalue weighted by Crippen LogP contribution is 2.12. The minimum absolute atomic E-state index is 0.823. The Morgan fingerprint density at radius 1 is 1.80 bits per heavy atom. The van der Waals surface area contributed by atoms with Crippen molar-refractivity contribution in [3.8, 4) is 12.3 Å². The molecule has 52 valence electrons. The van der Waals surface area contributed by atoms with E-state index in [0.717, 1.165) is 10.9 Å². The van der Waals surface area contributed by atoms with Gasteiger partial charge in [0.1, 0.15) is 5.69 Å². The van der Waals surface area contributed by atoms with Gasteiger partial charge in [-0.25, -0.2) is 4.98 Å². The van der Waals surface area contributed by atoms with Gasteiger partial charge in [-0.05, 0) is 6.26 Å². The fraction of sp³-hybridized carbons (Fsp3) is 0.286. The summed E-state index contributed by atoms with van der Waals surface area (Å²) in [5, 5.41) is 0.952. The van der Waals surface area contributed by atoms with Gasteiger partial charge in [0, 0.05) is 7.05 Å². The van der Waals surface area contributed by atoms with E-state index in [1.165, 1.54) is 0 Å². The molecule has 0 saturated carbocycles. The van der Waals surface area contributed by atoms with Crippen molar-refractivity contribution in [1.29, 1.82) is 0 Å². The molecule has 0 spiro atoms. The van der Waals surface area contributed by atoms with Crippen LogP contribution in [0.15, 0.2) is 11.4 Å². The number of terminal acetylenes is 1. The summed E-state index contributed by atoms with van der Waals surface area (Å²) in [6.07, 6.45) is 8.87. The maximum absolute atomic E-state index is 5.20. The molecule has 1 heterocycles. The van der Waals surface area contributed by atoms with E-state index in [1.54, 1.807) is 18.0 Å². The smallest absolute Gasteiger partial charge is 0.168 e. The number of aromatic nitrogens is 2. The fourth-order valence-corrected chi connectivity index (χ4v) is 1.25. The number of imidazole rings is 1. The van der Waals surface area contributed by atoms with E-state index in [2.05, 4.69) is 10.9 Å². The highest BCUT2D eigenvalue weighted by Gasteiger charge is 2.00. The molecule has 1 rings (SSSR count). The molecule has 0 saturated heterocycles. The van der Waals surface area contributed by atoms with E-state index >= 15 is 0 Å². The summed E-state index contributed by atoms with van der Waals surface area (Å²) in [4.78, 5) is 4.09. The number of hydrogen-bond donors (Lipinski definition) is 0. The van der Waals surface area contributed by atoms with Gasteiger partial charge < -0.3 is 4.57 Å². The molecule has 0 radical (unpaired) electrons. The summed E-state index contributed by atoms with van der Waals surface area (Å²) in [6, 6.07) is 0. The van der Waals surface area contributed by atoms with Crippen molar-refractivity contribution in [2.24, 2.45) is 7.05 Å². The first-order valence-electron chi connectivity index (χ1n) is 2.82. The van der Waals surface area contributed by atoms with Gasteiger partial charge >= 0.3 is 0 Å². The molecule has 0 unspecified atom stereocenters. The van der Waals surface area contributed by atoms with Crippen LogP contribution in [0.2, 0.25) is 0 Å². The third-order valence-electron chi connectivity index (χ3n) is 1.28. The summed E-state index contributed by atoms with van der Waals surface area (Å²) < 4.78 is 1.89. The zero-order valence-corrected chi connectivity index (χ0v) is 6.77. The molecule has 2 nitrogen and oxygen atoms in total. The van der Waals surface area contributed by atoms with Crippen molar-refractivity contribution in [2.75, 3.05) is 6.26 Å². The third-order valence-corrected chi connectivity index (χ3v) is 2.02. The van der Waals surface area contributed by atoms with Crippen molar-refractivity contribution in [1.82, 2.24) is 9.55 Å². The van der Waals surface area contributed by atoms with Gasteiger partial charge in [0.25, 0.3) is 0 Å². The maximum atomic E-state index is 5.20. The Bertz CT molecular complexity index is 270. The summed E-state index contributed by atoms with van der Waals surface area (Å²) in [5.41, 5.74) is 0.823. The van der Waals surface area contributed by atoms with Crippen LogP contribution in [0.25, 0.3) is 0 Å². The van der Waals surface area contributed by atoms with Crippen LogP contribution in [0.5, 0.6) is 0 Å². The molecule has 0 aromatic carbocycles. The second-order valence-electron chi connectivity index (χ2n) is 1.83. The van der Waals surface area contributed by atoms with Crippen LogP contribution < -0.4 is 0 Å². The first-order chi connectivity index (χ1) is 4.79. The average Bonchev–Trinajstić information content (AvgIpc) is 2.30. The van der Waals surface area contributed by atoms with Gasteiger partial charge in [-0.15, -0.1) is 6.42 Å². The predicted molar refractivity (Wildman–Crippen MR) is 42.9 cm³/mol. The third kappa shape index (κ3) is 1.03. The Balaban J connectivity index is 3.12. The molecule has 3 heteroatoms. The van der Waals surface area contributed by atoms with Crippen LogP contribution in [-0.2, 0) is 7.05 Å². The Kier molecular flexibility index (Phi) is 2.03. The highest BCUT2D eigenvalue weighted by atomic mass is 32.2. The van der Waals surface area contributed by atoms with Crippen molar-refractivity contribution in [3.63, 3.8) is 0 Å². The van der Waals surface area contributed by atoms with Gasteiger partial charge in [-0.3, -0.25) is 0 Å². The molecule has 0 atom stereocenters. The first-order valence-corrected chi connectivity index (χ1v) is 4.04. The normalized spacial score (nSPS) is 9.30. The molecule has 0 N–H and O–H groups in total. The standard InChI is InChI=1S/C7H8N2S/c1-4-6-5-8-7(10-3)9(6)2/h1,5H,2-3H3. The van der Waals surface area contributed by atoms with Crippen LogP contribution in [0.4, 0.5) is 0 Å². The SMILES string of the molecule is C#Cc1cnc(SC)n1C. The lowest BCUT2D eigenvalue weighted by Crippen LogP contribution is -1.92. The predicted octanol–water partition coefficient (Wildman–Crippen LogP) is 1.12. The van der Waals surface area contributed by atoms with Gasteiger partial charge in [0.05, 0.1) is 6.20 Å². The van der Waals surface area contributed by atoms with Crippen LogP contribution in [0.3, 0.4) is 0 Å². The van der Waals surface area contributed by atoms with Crippen molar-refractivity contribution in [3.05, 3.63) is 11.9 Å². The zero-order chi connectivity index (χ0) is 7.56. The maximum Gasteiger partial charge on any atom is 0.168 e. The highest BCUT2D eigenvalue weighted by molar-refractivity contribution is 7.98. The van der Waals surface area contributed by atoms with E-state index in [4.69, 9.17) is 6.42 Å². The summed E-state index contributed by atoms with van der Waals surface area (Å²) >= 11 is 1.59. The average molecular weight is 152 g/mol. The van der Waals surface area contributed by atoms with Crippen LogP contribution >= 0.6 is 11.8 Å². The number of thioether (sulfide) groups is 1. The molecule has 0 amide bonds. The molecule has 0 fully saturated rings. The minimum atomic E-state index is 0.823. The molecule has 0 aliphatic heterocycles. The summed E-state index contributed by atoms with van der Waals surface area (Å²) in [6.45, 7) is 0. The molecular formula is C7H8N2S. The zero-order valence-electron chi connectivity index (χ0n) is 5.96. The number of rotatable bonds is 1. The van der Waals surface area contributed by atoms with Crippen LogP contribution in [0, 0.1) is 12.3 Å². The molecule has 10 heavy (non-hydrogen) atoms. The lowest BCUT2D eigenvalue weighted by molar-refractivity contribution is 0.783. The molecule has 0 aliphatic carbocycles. The molecule has 1 aromatic rings. The van der Waals surface area contributed by atoms with Crippen molar-refractivity contribution in [2.45, 2.75) is 5.16 Å². The molecule has 0 aliphatic rings. The van der Waals surface area contributed by atoms with Crippen LogP contribution in [-0.4, -0.2) is 15.8 Å². The van der Waals surface area contributed by atoms with Gasteiger partial charge in [-0.2, -0.15) is 0 Å². The van der Waals surface area contributed by atoms with Gasteiger partial charge in [-0.1, -0.05) is 17.7 Å².